The highest BCUT2D eigenvalue weighted by atomic mass is 19.1. The number of nitrogens with one attached hydrogen (secondary N) is 2. The molecule has 0 aliphatic heterocycles. The van der Waals surface area contributed by atoms with Crippen molar-refractivity contribution in [2.45, 2.75) is 26.8 Å². The summed E-state index contributed by atoms with van der Waals surface area (Å²) >= 11 is 0. The molecule has 4 N–H and O–H groups in total. The van der Waals surface area contributed by atoms with Crippen molar-refractivity contribution in [3.05, 3.63) is 29.1 Å². The van der Waals surface area contributed by atoms with Crippen LogP contribution in [0.15, 0.2) is 12.1 Å². The lowest BCUT2D eigenvalue weighted by Gasteiger charge is -2.10. The average molecular weight is 267 g/mol. The zero-order valence-electron chi connectivity index (χ0n) is 11.2. The molecule has 0 fully saturated rings. The third-order valence-corrected chi connectivity index (χ3v) is 2.51. The Labute approximate surface area is 111 Å². The van der Waals surface area contributed by atoms with Gasteiger partial charge >= 0.3 is 0 Å². The van der Waals surface area contributed by atoms with E-state index in [-0.39, 0.29) is 29.7 Å². The van der Waals surface area contributed by atoms with Crippen LogP contribution in [-0.2, 0) is 4.79 Å². The molecule has 0 bridgehead atoms. The zero-order chi connectivity index (χ0) is 14.6. The van der Waals surface area contributed by atoms with E-state index in [1.165, 1.54) is 13.0 Å². The number of rotatable bonds is 4. The summed E-state index contributed by atoms with van der Waals surface area (Å²) in [6.45, 7) is 5.00. The van der Waals surface area contributed by atoms with Crippen molar-refractivity contribution < 1.29 is 14.0 Å². The average Bonchev–Trinajstić information content (AvgIpc) is 2.31. The molecule has 1 aromatic carbocycles. The first-order valence-electron chi connectivity index (χ1n) is 5.94. The second kappa shape index (κ2) is 6.17. The molecule has 0 heterocycles. The molecule has 2 amide bonds. The van der Waals surface area contributed by atoms with E-state index in [2.05, 4.69) is 10.6 Å². The van der Waals surface area contributed by atoms with Crippen LogP contribution in [0.25, 0.3) is 0 Å². The minimum atomic E-state index is -0.545. The summed E-state index contributed by atoms with van der Waals surface area (Å²) in [6.07, 6.45) is 0. The maximum atomic E-state index is 13.4. The Morgan fingerprint density at radius 1 is 1.37 bits per heavy atom. The third kappa shape index (κ3) is 4.24. The van der Waals surface area contributed by atoms with E-state index < -0.39 is 11.7 Å². The highest BCUT2D eigenvalue weighted by Gasteiger charge is 2.12. The number of carbonyl (C=O) groups excluding carboxylic acids is 2. The van der Waals surface area contributed by atoms with E-state index >= 15 is 0 Å². The van der Waals surface area contributed by atoms with E-state index in [0.717, 1.165) is 6.07 Å². The van der Waals surface area contributed by atoms with Crippen LogP contribution in [-0.4, -0.2) is 24.4 Å². The van der Waals surface area contributed by atoms with Crippen LogP contribution in [0, 0.1) is 12.7 Å². The van der Waals surface area contributed by atoms with Crippen LogP contribution in [0.1, 0.15) is 29.8 Å². The number of hydrogen-bond donors (Lipinski definition) is 3. The standard InChI is InChI=1S/C13H18FN3O2/c1-7(2)17-12(18)6-16-13(19)9-4-10(14)8(3)11(15)5-9/h4-5,7H,6,15H2,1-3H3,(H,16,19)(H,17,18). The van der Waals surface area contributed by atoms with E-state index in [9.17, 15) is 14.0 Å². The summed E-state index contributed by atoms with van der Waals surface area (Å²) < 4.78 is 13.4. The van der Waals surface area contributed by atoms with Gasteiger partial charge in [0.05, 0.1) is 6.54 Å². The molecule has 0 saturated carbocycles. The fourth-order valence-electron chi connectivity index (χ4n) is 1.47. The minimum Gasteiger partial charge on any atom is -0.398 e. The number of anilines is 1. The predicted octanol–water partition coefficient (Wildman–Crippen LogP) is 0.971. The topological polar surface area (TPSA) is 84.2 Å². The SMILES string of the molecule is Cc1c(N)cc(C(=O)NCC(=O)NC(C)C)cc1F. The Balaban J connectivity index is 2.67. The first-order valence-corrected chi connectivity index (χ1v) is 5.94. The van der Waals surface area contributed by atoms with Crippen LogP contribution in [0.5, 0.6) is 0 Å². The lowest BCUT2D eigenvalue weighted by molar-refractivity contribution is -0.120. The van der Waals surface area contributed by atoms with Crippen molar-refractivity contribution in [3.63, 3.8) is 0 Å². The molecule has 0 radical (unpaired) electrons. The quantitative estimate of drug-likeness (QED) is 0.711. The second-order valence-corrected chi connectivity index (χ2v) is 4.58. The van der Waals surface area contributed by atoms with Crippen LogP contribution >= 0.6 is 0 Å². The molecule has 1 aromatic rings. The Morgan fingerprint density at radius 3 is 2.53 bits per heavy atom. The van der Waals surface area contributed by atoms with Gasteiger partial charge in [0, 0.05) is 22.9 Å². The maximum Gasteiger partial charge on any atom is 0.251 e. The first-order chi connectivity index (χ1) is 8.81. The monoisotopic (exact) mass is 267 g/mol. The lowest BCUT2D eigenvalue weighted by Crippen LogP contribution is -2.39. The highest BCUT2D eigenvalue weighted by Crippen LogP contribution is 2.17. The molecule has 0 aliphatic carbocycles. The predicted molar refractivity (Wildman–Crippen MR) is 71.2 cm³/mol. The van der Waals surface area contributed by atoms with Crippen LogP contribution < -0.4 is 16.4 Å². The van der Waals surface area contributed by atoms with Crippen LogP contribution in [0.3, 0.4) is 0 Å². The maximum absolute atomic E-state index is 13.4. The van der Waals surface area contributed by atoms with Crippen molar-refractivity contribution >= 4 is 17.5 Å². The largest absolute Gasteiger partial charge is 0.398 e. The van der Waals surface area contributed by atoms with Gasteiger partial charge in [0.15, 0.2) is 0 Å². The molecule has 0 saturated heterocycles. The molecular formula is C13H18FN3O2. The molecule has 1 rings (SSSR count). The van der Waals surface area contributed by atoms with Gasteiger partial charge in [0.25, 0.3) is 5.91 Å². The molecule has 104 valence electrons. The summed E-state index contributed by atoms with van der Waals surface area (Å²) in [4.78, 5) is 23.1. The fourth-order valence-corrected chi connectivity index (χ4v) is 1.47. The van der Waals surface area contributed by atoms with Gasteiger partial charge in [-0.1, -0.05) is 0 Å². The summed E-state index contributed by atoms with van der Waals surface area (Å²) in [5.41, 5.74) is 6.18. The molecule has 5 nitrogen and oxygen atoms in total. The Kier molecular flexibility index (Phi) is 4.86. The highest BCUT2D eigenvalue weighted by molar-refractivity contribution is 5.97. The molecule has 0 aromatic heterocycles. The van der Waals surface area contributed by atoms with Gasteiger partial charge in [0.1, 0.15) is 5.82 Å². The van der Waals surface area contributed by atoms with Gasteiger partial charge in [-0.25, -0.2) is 4.39 Å². The van der Waals surface area contributed by atoms with Crippen molar-refractivity contribution in [1.29, 1.82) is 0 Å². The van der Waals surface area contributed by atoms with Gasteiger partial charge in [-0.15, -0.1) is 0 Å². The normalized spacial score (nSPS) is 10.4. The summed E-state index contributed by atoms with van der Waals surface area (Å²) in [5, 5.41) is 5.03. The Morgan fingerprint density at radius 2 is 2.00 bits per heavy atom. The number of halogens is 1. The van der Waals surface area contributed by atoms with E-state index in [4.69, 9.17) is 5.73 Å². The van der Waals surface area contributed by atoms with Crippen molar-refractivity contribution in [1.82, 2.24) is 10.6 Å². The summed E-state index contributed by atoms with van der Waals surface area (Å²) in [7, 11) is 0. The Bertz CT molecular complexity index is 478. The second-order valence-electron chi connectivity index (χ2n) is 4.58. The lowest BCUT2D eigenvalue weighted by atomic mass is 10.1. The van der Waals surface area contributed by atoms with E-state index in [0.29, 0.717) is 5.56 Å². The van der Waals surface area contributed by atoms with E-state index in [1.807, 2.05) is 13.8 Å². The van der Waals surface area contributed by atoms with Crippen molar-refractivity contribution in [2.75, 3.05) is 12.3 Å². The summed E-state index contributed by atoms with van der Waals surface area (Å²) in [6, 6.07) is 2.48. The molecule has 6 heteroatoms. The number of amides is 2. The molecule has 19 heavy (non-hydrogen) atoms. The molecule has 0 unspecified atom stereocenters. The third-order valence-electron chi connectivity index (χ3n) is 2.51. The number of benzene rings is 1. The first kappa shape index (κ1) is 14.9. The van der Waals surface area contributed by atoms with Gasteiger partial charge in [-0.2, -0.15) is 0 Å². The van der Waals surface area contributed by atoms with Crippen LogP contribution in [0.4, 0.5) is 10.1 Å². The van der Waals surface area contributed by atoms with Gasteiger partial charge in [0.2, 0.25) is 5.91 Å². The van der Waals surface area contributed by atoms with Gasteiger partial charge in [-0.3, -0.25) is 9.59 Å². The van der Waals surface area contributed by atoms with Gasteiger partial charge < -0.3 is 16.4 Å². The zero-order valence-corrected chi connectivity index (χ0v) is 11.2. The smallest absolute Gasteiger partial charge is 0.251 e. The van der Waals surface area contributed by atoms with E-state index in [1.54, 1.807) is 0 Å². The molecular weight excluding hydrogens is 249 g/mol. The number of nitrogens with two attached hydrogens (primary N) is 1. The fraction of sp³-hybridized carbons (Fsp3) is 0.385. The van der Waals surface area contributed by atoms with Crippen molar-refractivity contribution in [3.8, 4) is 0 Å². The number of carbonyl (C=O) groups is 2. The summed E-state index contributed by atoms with van der Waals surface area (Å²) in [5.74, 6) is -1.38. The molecule has 0 spiro atoms. The Hall–Kier alpha value is -2.11. The van der Waals surface area contributed by atoms with Gasteiger partial charge in [-0.05, 0) is 32.9 Å². The van der Waals surface area contributed by atoms with Crippen molar-refractivity contribution in [2.24, 2.45) is 0 Å². The van der Waals surface area contributed by atoms with Crippen LogP contribution in [0.2, 0.25) is 0 Å². The number of hydrogen-bond acceptors (Lipinski definition) is 3. The molecule has 0 atom stereocenters. The minimum absolute atomic E-state index is 0.00290. The number of nitrogen functional groups attached to an aromatic ring is 1. The molecule has 0 aliphatic rings.